The lowest BCUT2D eigenvalue weighted by molar-refractivity contribution is 0.270. The topological polar surface area (TPSA) is 61.8 Å². The van der Waals surface area contributed by atoms with Crippen LogP contribution in [0, 0.1) is 5.92 Å². The number of guanidine groups is 1. The highest BCUT2D eigenvalue weighted by Gasteiger charge is 2.17. The maximum atomic E-state index is 8.65. The third-order valence-electron chi connectivity index (χ3n) is 3.32. The molecule has 0 spiro atoms. The highest BCUT2D eigenvalue weighted by Crippen LogP contribution is 2.14. The van der Waals surface area contributed by atoms with Crippen molar-refractivity contribution in [1.82, 2.24) is 4.90 Å². The minimum atomic E-state index is 0.303. The summed E-state index contributed by atoms with van der Waals surface area (Å²) in [7, 11) is 0. The Labute approximate surface area is 105 Å². The normalized spacial score (nSPS) is 21.9. The van der Waals surface area contributed by atoms with Crippen molar-refractivity contribution in [3.63, 3.8) is 0 Å². The standard InChI is InChI=1S/C13H27N3O/c1-12-7-6-9-16(11-12)13(14)15-8-4-2-3-5-10-17/h12,17H,2-11H2,1H3,(H2,14,15). The molecule has 1 heterocycles. The van der Waals surface area contributed by atoms with E-state index < -0.39 is 0 Å². The van der Waals surface area contributed by atoms with Gasteiger partial charge < -0.3 is 15.7 Å². The molecule has 17 heavy (non-hydrogen) atoms. The van der Waals surface area contributed by atoms with E-state index in [1.807, 2.05) is 0 Å². The summed E-state index contributed by atoms with van der Waals surface area (Å²) in [5.74, 6) is 1.46. The van der Waals surface area contributed by atoms with Gasteiger partial charge >= 0.3 is 0 Å². The molecule has 0 radical (unpaired) electrons. The molecule has 1 aliphatic rings. The zero-order valence-corrected chi connectivity index (χ0v) is 11.1. The van der Waals surface area contributed by atoms with E-state index in [-0.39, 0.29) is 0 Å². The van der Waals surface area contributed by atoms with E-state index in [9.17, 15) is 0 Å². The molecule has 0 amide bonds. The maximum Gasteiger partial charge on any atom is 0.191 e. The van der Waals surface area contributed by atoms with Gasteiger partial charge in [0.2, 0.25) is 0 Å². The van der Waals surface area contributed by atoms with E-state index in [0.717, 1.165) is 57.2 Å². The van der Waals surface area contributed by atoms with Gasteiger partial charge in [-0.1, -0.05) is 19.8 Å². The molecule has 0 saturated carbocycles. The molecule has 0 aromatic rings. The average molecular weight is 241 g/mol. The molecule has 1 atom stereocenters. The lowest BCUT2D eigenvalue weighted by Gasteiger charge is -2.31. The van der Waals surface area contributed by atoms with Crippen LogP contribution >= 0.6 is 0 Å². The summed E-state index contributed by atoms with van der Waals surface area (Å²) in [5, 5.41) is 8.65. The number of likely N-dealkylation sites (tertiary alicyclic amines) is 1. The van der Waals surface area contributed by atoms with E-state index in [1.54, 1.807) is 0 Å². The summed E-state index contributed by atoms with van der Waals surface area (Å²) in [4.78, 5) is 6.65. The number of hydrogen-bond acceptors (Lipinski definition) is 2. The number of hydrogen-bond donors (Lipinski definition) is 2. The van der Waals surface area contributed by atoms with Crippen LogP contribution in [-0.4, -0.2) is 42.2 Å². The van der Waals surface area contributed by atoms with Crippen molar-refractivity contribution in [3.05, 3.63) is 0 Å². The Balaban J connectivity index is 2.15. The SMILES string of the molecule is CC1CCCN(C(N)=NCCCCCCO)C1. The maximum absolute atomic E-state index is 8.65. The first kappa shape index (κ1) is 14.3. The molecule has 0 aromatic carbocycles. The minimum Gasteiger partial charge on any atom is -0.396 e. The summed E-state index contributed by atoms with van der Waals surface area (Å²) < 4.78 is 0. The molecular formula is C13H27N3O. The molecule has 1 aliphatic heterocycles. The molecule has 3 N–H and O–H groups in total. The Morgan fingerprint density at radius 2 is 2.12 bits per heavy atom. The smallest absolute Gasteiger partial charge is 0.191 e. The predicted octanol–water partition coefficient (Wildman–Crippen LogP) is 1.59. The Kier molecular flexibility index (Phi) is 7.01. The van der Waals surface area contributed by atoms with Gasteiger partial charge in [0, 0.05) is 26.2 Å². The first-order valence-corrected chi connectivity index (χ1v) is 6.89. The van der Waals surface area contributed by atoms with Crippen molar-refractivity contribution in [2.75, 3.05) is 26.2 Å². The number of aliphatic hydroxyl groups excluding tert-OH is 1. The third kappa shape index (κ3) is 5.91. The van der Waals surface area contributed by atoms with Gasteiger partial charge in [0.1, 0.15) is 0 Å². The first-order chi connectivity index (χ1) is 8.24. The van der Waals surface area contributed by atoms with Gasteiger partial charge in [-0.3, -0.25) is 4.99 Å². The largest absolute Gasteiger partial charge is 0.396 e. The molecule has 100 valence electrons. The van der Waals surface area contributed by atoms with E-state index in [1.165, 1.54) is 12.8 Å². The zero-order chi connectivity index (χ0) is 12.5. The summed E-state index contributed by atoms with van der Waals surface area (Å²) in [6.45, 7) is 5.51. The molecule has 1 saturated heterocycles. The van der Waals surface area contributed by atoms with E-state index in [0.29, 0.717) is 6.61 Å². The van der Waals surface area contributed by atoms with Crippen LogP contribution in [0.4, 0.5) is 0 Å². The number of aliphatic hydroxyl groups is 1. The lowest BCUT2D eigenvalue weighted by atomic mass is 10.0. The fourth-order valence-corrected chi connectivity index (χ4v) is 2.27. The Bertz CT molecular complexity index is 231. The molecular weight excluding hydrogens is 214 g/mol. The Morgan fingerprint density at radius 1 is 1.35 bits per heavy atom. The van der Waals surface area contributed by atoms with E-state index >= 15 is 0 Å². The molecule has 1 unspecified atom stereocenters. The number of piperidine rings is 1. The van der Waals surface area contributed by atoms with Gasteiger partial charge in [0.05, 0.1) is 0 Å². The van der Waals surface area contributed by atoms with Crippen molar-refractivity contribution in [2.45, 2.75) is 45.4 Å². The van der Waals surface area contributed by atoms with Crippen LogP contribution in [0.15, 0.2) is 4.99 Å². The third-order valence-corrected chi connectivity index (χ3v) is 3.32. The van der Waals surface area contributed by atoms with Gasteiger partial charge in [0.15, 0.2) is 5.96 Å². The summed E-state index contributed by atoms with van der Waals surface area (Å²) in [5.41, 5.74) is 5.99. The van der Waals surface area contributed by atoms with Crippen LogP contribution < -0.4 is 5.73 Å². The molecule has 0 aromatic heterocycles. The number of nitrogens with zero attached hydrogens (tertiary/aromatic N) is 2. The van der Waals surface area contributed by atoms with Crippen molar-refractivity contribution in [1.29, 1.82) is 0 Å². The second-order valence-electron chi connectivity index (χ2n) is 5.07. The number of unbranched alkanes of at least 4 members (excludes halogenated alkanes) is 3. The highest BCUT2D eigenvalue weighted by atomic mass is 16.2. The van der Waals surface area contributed by atoms with Crippen molar-refractivity contribution in [3.8, 4) is 0 Å². The minimum absolute atomic E-state index is 0.303. The van der Waals surface area contributed by atoms with Gasteiger partial charge in [-0.25, -0.2) is 0 Å². The molecule has 0 aliphatic carbocycles. The Hall–Kier alpha value is -0.770. The highest BCUT2D eigenvalue weighted by molar-refractivity contribution is 5.78. The van der Waals surface area contributed by atoms with Gasteiger partial charge in [-0.2, -0.15) is 0 Å². The van der Waals surface area contributed by atoms with Gasteiger partial charge in [0.25, 0.3) is 0 Å². The predicted molar refractivity (Wildman–Crippen MR) is 72.0 cm³/mol. The average Bonchev–Trinajstić information content (AvgIpc) is 2.33. The molecule has 4 heteroatoms. The monoisotopic (exact) mass is 241 g/mol. The van der Waals surface area contributed by atoms with Gasteiger partial charge in [-0.05, 0) is 31.6 Å². The van der Waals surface area contributed by atoms with E-state index in [4.69, 9.17) is 10.8 Å². The second-order valence-corrected chi connectivity index (χ2v) is 5.07. The van der Waals surface area contributed by atoms with Crippen LogP contribution in [0.25, 0.3) is 0 Å². The molecule has 1 fully saturated rings. The van der Waals surface area contributed by atoms with E-state index in [2.05, 4.69) is 16.8 Å². The molecule has 1 rings (SSSR count). The first-order valence-electron chi connectivity index (χ1n) is 6.89. The number of aliphatic imine (C=N–C) groups is 1. The Morgan fingerprint density at radius 3 is 2.82 bits per heavy atom. The van der Waals surface area contributed by atoms with Crippen LogP contribution in [0.3, 0.4) is 0 Å². The molecule has 4 nitrogen and oxygen atoms in total. The second kappa shape index (κ2) is 8.34. The van der Waals surface area contributed by atoms with Crippen molar-refractivity contribution >= 4 is 5.96 Å². The van der Waals surface area contributed by atoms with Crippen LogP contribution in [0.1, 0.15) is 45.4 Å². The summed E-state index contributed by atoms with van der Waals surface area (Å²) in [6.07, 6.45) is 6.74. The zero-order valence-electron chi connectivity index (χ0n) is 11.1. The fraction of sp³-hybridized carbons (Fsp3) is 0.923. The van der Waals surface area contributed by atoms with Crippen molar-refractivity contribution in [2.24, 2.45) is 16.6 Å². The fourth-order valence-electron chi connectivity index (χ4n) is 2.27. The molecule has 0 bridgehead atoms. The number of rotatable bonds is 6. The van der Waals surface area contributed by atoms with Crippen molar-refractivity contribution < 1.29 is 5.11 Å². The van der Waals surface area contributed by atoms with Gasteiger partial charge in [-0.15, -0.1) is 0 Å². The summed E-state index contributed by atoms with van der Waals surface area (Å²) in [6, 6.07) is 0. The van der Waals surface area contributed by atoms with Crippen LogP contribution in [0.2, 0.25) is 0 Å². The lowest BCUT2D eigenvalue weighted by Crippen LogP contribution is -2.43. The van der Waals surface area contributed by atoms with Crippen LogP contribution in [-0.2, 0) is 0 Å². The summed E-state index contributed by atoms with van der Waals surface area (Å²) >= 11 is 0. The number of nitrogens with two attached hydrogens (primary N) is 1. The van der Waals surface area contributed by atoms with Crippen LogP contribution in [0.5, 0.6) is 0 Å². The quantitative estimate of drug-likeness (QED) is 0.422.